The quantitative estimate of drug-likeness (QED) is 0.718. The Hall–Kier alpha value is -3.02. The Morgan fingerprint density at radius 3 is 2.00 bits per heavy atom. The van der Waals surface area contributed by atoms with Crippen molar-refractivity contribution in [1.29, 1.82) is 21.0 Å². The highest BCUT2D eigenvalue weighted by Crippen LogP contribution is 2.56. The molecule has 0 N–H and O–H groups in total. The van der Waals surface area contributed by atoms with Crippen LogP contribution in [0.1, 0.15) is 0 Å². The summed E-state index contributed by atoms with van der Waals surface area (Å²) in [6.07, 6.45) is 8.32. The number of nitrogens with zero attached hydrogens (tertiary/aromatic N) is 4. The summed E-state index contributed by atoms with van der Waals surface area (Å²) in [6.45, 7) is 0. The molecule has 0 aromatic rings. The molecule has 5 nitrogen and oxygen atoms in total. The molecule has 0 saturated carbocycles. The normalized spacial score (nSPS) is 27.8. The smallest absolute Gasteiger partial charge is 0.189 e. The van der Waals surface area contributed by atoms with E-state index < -0.39 is 22.7 Å². The van der Waals surface area contributed by atoms with Crippen molar-refractivity contribution in [3.8, 4) is 24.3 Å². The minimum atomic E-state index is -1.80. The van der Waals surface area contributed by atoms with Gasteiger partial charge < -0.3 is 4.74 Å². The van der Waals surface area contributed by atoms with E-state index in [1.54, 1.807) is 30.4 Å². The molecular formula is C15H10N4O. The SMILES string of the molecule is COC1=C[C@H]2C=CC=C[C@H]1C(C#N)(C#N)C2(C#N)C#N. The minimum absolute atomic E-state index is 0.430. The second-order valence-corrected chi connectivity index (χ2v) is 4.61. The lowest BCUT2D eigenvalue weighted by Crippen LogP contribution is -2.51. The highest BCUT2D eigenvalue weighted by molar-refractivity contribution is 5.48. The number of ether oxygens (including phenoxy) is 1. The molecule has 0 aromatic carbocycles. The predicted octanol–water partition coefficient (Wildman–Crippen LogP) is 1.96. The Balaban J connectivity index is 2.90. The van der Waals surface area contributed by atoms with Crippen LogP contribution in [0.25, 0.3) is 0 Å². The molecule has 3 aliphatic rings. The van der Waals surface area contributed by atoms with Gasteiger partial charge in [-0.25, -0.2) is 0 Å². The summed E-state index contributed by atoms with van der Waals surface area (Å²) in [4.78, 5) is 0. The number of hydrogen-bond acceptors (Lipinski definition) is 5. The van der Waals surface area contributed by atoms with E-state index in [0.29, 0.717) is 5.76 Å². The molecule has 20 heavy (non-hydrogen) atoms. The van der Waals surface area contributed by atoms with Crippen molar-refractivity contribution >= 4 is 0 Å². The Labute approximate surface area is 116 Å². The first-order valence-corrected chi connectivity index (χ1v) is 5.91. The van der Waals surface area contributed by atoms with Crippen LogP contribution in [0.2, 0.25) is 0 Å². The van der Waals surface area contributed by atoms with Crippen LogP contribution >= 0.6 is 0 Å². The van der Waals surface area contributed by atoms with Gasteiger partial charge in [-0.2, -0.15) is 21.0 Å². The molecule has 0 spiro atoms. The third kappa shape index (κ3) is 1.33. The Morgan fingerprint density at radius 2 is 1.50 bits per heavy atom. The average Bonchev–Trinajstić information content (AvgIpc) is 2.46. The van der Waals surface area contributed by atoms with Crippen molar-refractivity contribution in [2.24, 2.45) is 22.7 Å². The van der Waals surface area contributed by atoms with Gasteiger partial charge in [-0.1, -0.05) is 24.3 Å². The van der Waals surface area contributed by atoms with Gasteiger partial charge in [-0.05, 0) is 6.08 Å². The fraction of sp³-hybridized carbons (Fsp3) is 0.333. The van der Waals surface area contributed by atoms with Crippen molar-refractivity contribution < 1.29 is 4.74 Å². The van der Waals surface area contributed by atoms with Crippen LogP contribution < -0.4 is 0 Å². The van der Waals surface area contributed by atoms with Gasteiger partial charge in [0.2, 0.25) is 0 Å². The van der Waals surface area contributed by atoms with Crippen LogP contribution in [0.5, 0.6) is 0 Å². The van der Waals surface area contributed by atoms with Gasteiger partial charge in [0, 0.05) is 5.92 Å². The van der Waals surface area contributed by atoms with Gasteiger partial charge in [0.25, 0.3) is 0 Å². The molecule has 96 valence electrons. The van der Waals surface area contributed by atoms with E-state index in [1.165, 1.54) is 7.11 Å². The molecule has 0 unspecified atom stereocenters. The molecule has 0 aliphatic heterocycles. The van der Waals surface area contributed by atoms with Gasteiger partial charge in [0.05, 0.1) is 37.3 Å². The molecule has 3 aliphatic carbocycles. The molecule has 0 radical (unpaired) electrons. The van der Waals surface area contributed by atoms with Crippen molar-refractivity contribution in [1.82, 2.24) is 0 Å². The van der Waals surface area contributed by atoms with Crippen LogP contribution in [-0.2, 0) is 4.74 Å². The third-order valence-electron chi connectivity index (χ3n) is 3.91. The maximum Gasteiger partial charge on any atom is 0.189 e. The summed E-state index contributed by atoms with van der Waals surface area (Å²) in [5.74, 6) is -0.990. The summed E-state index contributed by atoms with van der Waals surface area (Å²) in [5, 5.41) is 38.2. The van der Waals surface area contributed by atoms with Crippen molar-refractivity contribution in [2.75, 3.05) is 7.11 Å². The maximum absolute atomic E-state index is 9.58. The molecular weight excluding hydrogens is 252 g/mol. The third-order valence-corrected chi connectivity index (χ3v) is 3.91. The maximum atomic E-state index is 9.58. The summed E-state index contributed by atoms with van der Waals surface area (Å²) >= 11 is 0. The highest BCUT2D eigenvalue weighted by atomic mass is 16.5. The first-order valence-electron chi connectivity index (χ1n) is 5.91. The average molecular weight is 262 g/mol. The van der Waals surface area contributed by atoms with Gasteiger partial charge in [-0.3, -0.25) is 0 Å². The molecule has 0 aromatic heterocycles. The van der Waals surface area contributed by atoms with Gasteiger partial charge in [0.15, 0.2) is 10.8 Å². The largest absolute Gasteiger partial charge is 0.501 e. The molecule has 0 saturated heterocycles. The zero-order valence-corrected chi connectivity index (χ0v) is 10.7. The lowest BCUT2D eigenvalue weighted by molar-refractivity contribution is 0.126. The number of nitriles is 4. The molecule has 0 heterocycles. The van der Waals surface area contributed by atoms with Crippen LogP contribution in [0.4, 0.5) is 0 Å². The van der Waals surface area contributed by atoms with Crippen molar-refractivity contribution in [2.45, 2.75) is 0 Å². The van der Waals surface area contributed by atoms with Gasteiger partial charge in [-0.15, -0.1) is 0 Å². The van der Waals surface area contributed by atoms with Crippen LogP contribution in [0, 0.1) is 68.0 Å². The number of hydrogen-bond donors (Lipinski definition) is 0. The van der Waals surface area contributed by atoms with E-state index in [2.05, 4.69) is 0 Å². The second kappa shape index (κ2) is 4.58. The fourth-order valence-electron chi connectivity index (χ4n) is 2.81. The van der Waals surface area contributed by atoms with Gasteiger partial charge >= 0.3 is 0 Å². The monoisotopic (exact) mass is 262 g/mol. The van der Waals surface area contributed by atoms with Crippen LogP contribution in [0.15, 0.2) is 36.1 Å². The summed E-state index contributed by atoms with van der Waals surface area (Å²) in [5.41, 5.74) is -3.56. The van der Waals surface area contributed by atoms with E-state index in [4.69, 9.17) is 4.74 Å². The first kappa shape index (κ1) is 13.4. The zero-order chi connectivity index (χ0) is 14.8. The van der Waals surface area contributed by atoms with E-state index in [1.807, 2.05) is 24.3 Å². The molecule has 3 rings (SSSR count). The van der Waals surface area contributed by atoms with E-state index in [-0.39, 0.29) is 0 Å². The zero-order valence-electron chi connectivity index (χ0n) is 10.7. The minimum Gasteiger partial charge on any atom is -0.501 e. The lowest BCUT2D eigenvalue weighted by Gasteiger charge is -2.43. The molecule has 2 bridgehead atoms. The van der Waals surface area contributed by atoms with E-state index in [0.717, 1.165) is 0 Å². The Bertz CT molecular complexity index is 659. The summed E-state index contributed by atoms with van der Waals surface area (Å²) in [7, 11) is 1.44. The van der Waals surface area contributed by atoms with Gasteiger partial charge in [0.1, 0.15) is 5.76 Å². The second-order valence-electron chi connectivity index (χ2n) is 4.61. The Kier molecular flexibility index (Phi) is 3.07. The number of allylic oxidation sites excluding steroid dienone is 5. The van der Waals surface area contributed by atoms with E-state index in [9.17, 15) is 21.0 Å². The fourth-order valence-corrected chi connectivity index (χ4v) is 2.81. The van der Waals surface area contributed by atoms with E-state index >= 15 is 0 Å². The first-order chi connectivity index (χ1) is 9.65. The lowest BCUT2D eigenvalue weighted by atomic mass is 9.51. The van der Waals surface area contributed by atoms with Crippen LogP contribution in [-0.4, -0.2) is 7.11 Å². The number of fused-ring (bicyclic) bond motifs is 2. The molecule has 0 fully saturated rings. The van der Waals surface area contributed by atoms with Crippen LogP contribution in [0.3, 0.4) is 0 Å². The summed E-state index contributed by atoms with van der Waals surface area (Å²) < 4.78 is 5.26. The molecule has 2 atom stereocenters. The number of rotatable bonds is 1. The molecule has 5 heteroatoms. The Morgan fingerprint density at radius 1 is 0.950 bits per heavy atom. The predicted molar refractivity (Wildman–Crippen MR) is 67.7 cm³/mol. The highest BCUT2D eigenvalue weighted by Gasteiger charge is 2.65. The number of methoxy groups -OCH3 is 1. The van der Waals surface area contributed by atoms with Crippen molar-refractivity contribution in [3.63, 3.8) is 0 Å². The topological polar surface area (TPSA) is 104 Å². The van der Waals surface area contributed by atoms with Crippen molar-refractivity contribution in [3.05, 3.63) is 36.1 Å². The molecule has 0 amide bonds. The summed E-state index contributed by atoms with van der Waals surface area (Å²) in [6, 6.07) is 7.65. The standard InChI is InChI=1S/C15H10N4O/c1-20-13-6-11-4-2-3-5-12(13)15(9-18,10-19)14(11,7-16)8-17/h2-6,11-12H,1H3/t11-,12-/m1/s1.